The molecule has 0 aromatic rings. The molecule has 4 aliphatic carbocycles. The monoisotopic (exact) mass is 416 g/mol. The van der Waals surface area contributed by atoms with E-state index in [1.165, 1.54) is 38.5 Å². The van der Waals surface area contributed by atoms with Crippen molar-refractivity contribution in [2.24, 2.45) is 46.3 Å². The van der Waals surface area contributed by atoms with Gasteiger partial charge in [0.1, 0.15) is 12.4 Å². The van der Waals surface area contributed by atoms with Gasteiger partial charge >= 0.3 is 0 Å². The van der Waals surface area contributed by atoms with Gasteiger partial charge in [0.2, 0.25) is 0 Å². The SMILES string of the molecule is CC(C=O)CCCC(C)C1CCC2C3CC=C4C(O)C(O)CCC4(C)C3CCC12C. The Morgan fingerprint density at radius 1 is 1.07 bits per heavy atom. The Bertz CT molecular complexity index is 671. The number of aliphatic hydroxyl groups is 2. The largest absolute Gasteiger partial charge is 0.390 e. The summed E-state index contributed by atoms with van der Waals surface area (Å²) in [5, 5.41) is 20.9. The van der Waals surface area contributed by atoms with Crippen molar-refractivity contribution in [1.82, 2.24) is 0 Å². The first-order valence-electron chi connectivity index (χ1n) is 12.7. The van der Waals surface area contributed by atoms with Gasteiger partial charge in [0.05, 0.1) is 6.10 Å². The Morgan fingerprint density at radius 3 is 2.57 bits per heavy atom. The molecule has 0 aromatic heterocycles. The van der Waals surface area contributed by atoms with Crippen LogP contribution in [-0.4, -0.2) is 28.7 Å². The Balaban J connectivity index is 1.48. The Morgan fingerprint density at radius 2 is 1.83 bits per heavy atom. The fourth-order valence-electron chi connectivity index (χ4n) is 8.73. The summed E-state index contributed by atoms with van der Waals surface area (Å²) in [6.45, 7) is 9.49. The van der Waals surface area contributed by atoms with Crippen molar-refractivity contribution in [1.29, 1.82) is 0 Å². The molecule has 30 heavy (non-hydrogen) atoms. The summed E-state index contributed by atoms with van der Waals surface area (Å²) in [7, 11) is 0. The van der Waals surface area contributed by atoms with Crippen molar-refractivity contribution < 1.29 is 15.0 Å². The predicted octanol–water partition coefficient (Wildman–Crippen LogP) is 5.54. The van der Waals surface area contributed by atoms with Crippen molar-refractivity contribution in [2.75, 3.05) is 0 Å². The highest BCUT2D eigenvalue weighted by Crippen LogP contribution is 2.67. The first kappa shape index (κ1) is 22.5. The van der Waals surface area contributed by atoms with Crippen LogP contribution in [0.15, 0.2) is 11.6 Å². The molecular formula is C27H44O3. The maximum atomic E-state index is 10.9. The van der Waals surface area contributed by atoms with Crippen molar-refractivity contribution in [3.8, 4) is 0 Å². The van der Waals surface area contributed by atoms with Crippen molar-refractivity contribution >= 4 is 6.29 Å². The average Bonchev–Trinajstić information content (AvgIpc) is 3.08. The molecule has 10 atom stereocenters. The standard InChI is InChI=1S/C27H44O3/c1-17(16-28)6-5-7-18(2)20-10-11-21-19-8-9-23-25(30)24(29)13-15-27(23,4)22(19)12-14-26(20,21)3/h9,16-22,24-25,29-30H,5-8,10-15H2,1-4H3. The predicted molar refractivity (Wildman–Crippen MR) is 121 cm³/mol. The van der Waals surface area contributed by atoms with E-state index in [0.29, 0.717) is 11.3 Å². The molecule has 170 valence electrons. The van der Waals surface area contributed by atoms with Crippen LogP contribution in [0.4, 0.5) is 0 Å². The maximum Gasteiger partial charge on any atom is 0.122 e. The van der Waals surface area contributed by atoms with E-state index in [4.69, 9.17) is 0 Å². The molecule has 3 saturated carbocycles. The first-order chi connectivity index (χ1) is 14.2. The lowest BCUT2D eigenvalue weighted by atomic mass is 9.46. The Kier molecular flexibility index (Phi) is 6.27. The van der Waals surface area contributed by atoms with E-state index >= 15 is 0 Å². The minimum Gasteiger partial charge on any atom is -0.390 e. The van der Waals surface area contributed by atoms with Gasteiger partial charge in [-0.25, -0.2) is 0 Å². The topological polar surface area (TPSA) is 57.5 Å². The molecule has 0 spiro atoms. The summed E-state index contributed by atoms with van der Waals surface area (Å²) in [4.78, 5) is 10.9. The van der Waals surface area contributed by atoms with Crippen LogP contribution in [0.1, 0.15) is 91.9 Å². The number of hydrogen-bond acceptors (Lipinski definition) is 3. The lowest BCUT2D eigenvalue weighted by Gasteiger charge is -2.59. The fourth-order valence-corrected chi connectivity index (χ4v) is 8.73. The summed E-state index contributed by atoms with van der Waals surface area (Å²) >= 11 is 0. The second kappa shape index (κ2) is 8.35. The van der Waals surface area contributed by atoms with Crippen LogP contribution in [0.3, 0.4) is 0 Å². The average molecular weight is 417 g/mol. The zero-order valence-corrected chi connectivity index (χ0v) is 19.6. The molecular weight excluding hydrogens is 372 g/mol. The van der Waals surface area contributed by atoms with Gasteiger partial charge in [-0.2, -0.15) is 0 Å². The van der Waals surface area contributed by atoms with Crippen LogP contribution in [-0.2, 0) is 4.79 Å². The molecule has 3 nitrogen and oxygen atoms in total. The highest BCUT2D eigenvalue weighted by Gasteiger charge is 2.60. The zero-order valence-electron chi connectivity index (χ0n) is 19.6. The van der Waals surface area contributed by atoms with E-state index in [9.17, 15) is 15.0 Å². The smallest absolute Gasteiger partial charge is 0.122 e. The molecule has 0 aliphatic heterocycles. The molecule has 0 saturated heterocycles. The summed E-state index contributed by atoms with van der Waals surface area (Å²) in [6.07, 6.45) is 13.9. The van der Waals surface area contributed by atoms with E-state index in [1.807, 2.05) is 6.92 Å². The van der Waals surface area contributed by atoms with Gasteiger partial charge in [-0.15, -0.1) is 0 Å². The maximum absolute atomic E-state index is 10.9. The summed E-state index contributed by atoms with van der Waals surface area (Å²) < 4.78 is 0. The highest BCUT2D eigenvalue weighted by molar-refractivity contribution is 5.52. The summed E-state index contributed by atoms with van der Waals surface area (Å²) in [5.74, 6) is 3.97. The van der Waals surface area contributed by atoms with Crippen molar-refractivity contribution in [3.05, 3.63) is 11.6 Å². The van der Waals surface area contributed by atoms with Crippen LogP contribution < -0.4 is 0 Å². The number of carbonyl (C=O) groups is 1. The molecule has 4 aliphatic rings. The highest BCUT2D eigenvalue weighted by atomic mass is 16.3. The minimum atomic E-state index is -0.650. The van der Waals surface area contributed by atoms with Gasteiger partial charge in [0.15, 0.2) is 0 Å². The fraction of sp³-hybridized carbons (Fsp3) is 0.889. The molecule has 4 rings (SSSR count). The van der Waals surface area contributed by atoms with E-state index in [1.54, 1.807) is 0 Å². The molecule has 0 radical (unpaired) electrons. The van der Waals surface area contributed by atoms with E-state index < -0.39 is 12.2 Å². The lowest BCUT2D eigenvalue weighted by Crippen LogP contribution is -2.53. The molecule has 2 N–H and O–H groups in total. The van der Waals surface area contributed by atoms with Crippen molar-refractivity contribution in [2.45, 2.75) is 104 Å². The van der Waals surface area contributed by atoms with E-state index in [0.717, 1.165) is 61.2 Å². The second-order valence-corrected chi connectivity index (χ2v) is 12.0. The van der Waals surface area contributed by atoms with Crippen LogP contribution in [0, 0.1) is 46.3 Å². The third kappa shape index (κ3) is 3.52. The quantitative estimate of drug-likeness (QED) is 0.441. The number of aldehydes is 1. The van der Waals surface area contributed by atoms with Gasteiger partial charge < -0.3 is 15.0 Å². The van der Waals surface area contributed by atoms with E-state index in [-0.39, 0.29) is 11.3 Å². The molecule has 3 heteroatoms. The lowest BCUT2D eigenvalue weighted by molar-refractivity contribution is -0.110. The molecule has 10 unspecified atom stereocenters. The number of allylic oxidation sites excluding steroid dienone is 1. The number of fused-ring (bicyclic) bond motifs is 5. The van der Waals surface area contributed by atoms with Crippen LogP contribution >= 0.6 is 0 Å². The number of aliphatic hydroxyl groups excluding tert-OH is 2. The van der Waals surface area contributed by atoms with Crippen molar-refractivity contribution in [3.63, 3.8) is 0 Å². The first-order valence-corrected chi connectivity index (χ1v) is 12.7. The molecule has 0 heterocycles. The molecule has 0 amide bonds. The summed E-state index contributed by atoms with van der Waals surface area (Å²) in [6, 6.07) is 0. The Labute approximate surface area is 183 Å². The second-order valence-electron chi connectivity index (χ2n) is 12.0. The zero-order chi connectivity index (χ0) is 21.7. The summed E-state index contributed by atoms with van der Waals surface area (Å²) in [5.41, 5.74) is 1.68. The van der Waals surface area contributed by atoms with Gasteiger partial charge in [0.25, 0.3) is 0 Å². The van der Waals surface area contributed by atoms with Crippen LogP contribution in [0.2, 0.25) is 0 Å². The van der Waals surface area contributed by atoms with Gasteiger partial charge in [-0.1, -0.05) is 46.6 Å². The molecule has 0 aromatic carbocycles. The Hall–Kier alpha value is -0.670. The number of carbonyl (C=O) groups excluding carboxylic acids is 1. The molecule has 0 bridgehead atoms. The third-order valence-electron chi connectivity index (χ3n) is 10.5. The van der Waals surface area contributed by atoms with Gasteiger partial charge in [-0.05, 0) is 97.4 Å². The van der Waals surface area contributed by atoms with Crippen LogP contribution in [0.25, 0.3) is 0 Å². The number of hydrogen-bond donors (Lipinski definition) is 2. The van der Waals surface area contributed by atoms with E-state index in [2.05, 4.69) is 26.8 Å². The normalized spacial score (nSPS) is 47.5. The number of rotatable bonds is 6. The minimum absolute atomic E-state index is 0.0809. The van der Waals surface area contributed by atoms with Crippen LogP contribution in [0.5, 0.6) is 0 Å². The third-order valence-corrected chi connectivity index (χ3v) is 10.5. The van der Waals surface area contributed by atoms with Gasteiger partial charge in [-0.3, -0.25) is 0 Å². The van der Waals surface area contributed by atoms with Gasteiger partial charge in [0, 0.05) is 5.92 Å². The molecule has 3 fully saturated rings.